The Kier molecular flexibility index (Phi) is 4.90. The molecule has 10 heteroatoms. The molecule has 1 rings (SSSR count). The van der Waals surface area contributed by atoms with E-state index in [9.17, 15) is 26.3 Å². The van der Waals surface area contributed by atoms with E-state index < -0.39 is 23.1 Å². The molecule has 0 aromatic heterocycles. The molecule has 1 aliphatic rings. The quantitative estimate of drug-likeness (QED) is 0.444. The fourth-order valence-corrected chi connectivity index (χ4v) is 2.01. The van der Waals surface area contributed by atoms with Crippen LogP contribution < -0.4 is 0 Å². The Morgan fingerprint density at radius 1 is 1.12 bits per heavy atom. The second-order valence-electron chi connectivity index (χ2n) is 2.96. The molecule has 0 saturated heterocycles. The molecule has 1 heterocycles. The van der Waals surface area contributed by atoms with E-state index in [1.165, 1.54) is 6.08 Å². The van der Waals surface area contributed by atoms with Gasteiger partial charge in [0, 0.05) is 31.5 Å². The van der Waals surface area contributed by atoms with Gasteiger partial charge < -0.3 is 4.18 Å². The average molecular weight is 299 g/mol. The van der Waals surface area contributed by atoms with Crippen LogP contribution in [-0.2, 0) is 4.18 Å². The van der Waals surface area contributed by atoms with E-state index in [0.717, 1.165) is 4.31 Å². The van der Waals surface area contributed by atoms with E-state index in [-0.39, 0.29) is 37.2 Å². The van der Waals surface area contributed by atoms with Crippen LogP contribution in [-0.4, -0.2) is 28.4 Å². The maximum Gasteiger partial charge on any atom is 0.479 e. The van der Waals surface area contributed by atoms with Gasteiger partial charge in [-0.1, -0.05) is 0 Å². The maximum atomic E-state index is 12.0. The summed E-state index contributed by atoms with van der Waals surface area (Å²) in [6.07, 6.45) is 1.23. The fourth-order valence-electron chi connectivity index (χ4n) is 1.04. The Balaban J connectivity index is 2.35. The number of nitrogens with zero attached hydrogens (tertiary/aromatic N) is 1. The summed E-state index contributed by atoms with van der Waals surface area (Å²) in [5, 5.41) is 0. The fraction of sp³-hybridized carbons (Fsp3) is 0.714. The molecule has 0 spiro atoms. The van der Waals surface area contributed by atoms with Gasteiger partial charge in [0.2, 0.25) is 0 Å². The number of hydrogen-bond donors (Lipinski definition) is 0. The van der Waals surface area contributed by atoms with Crippen LogP contribution in [0.15, 0.2) is 11.8 Å². The predicted octanol–water partition coefficient (Wildman–Crippen LogP) is 3.93. The van der Waals surface area contributed by atoms with Crippen molar-refractivity contribution in [2.24, 2.45) is 0 Å². The first-order valence-electron chi connectivity index (χ1n) is 4.28. The molecule has 0 fully saturated rings. The third-order valence-corrected chi connectivity index (χ3v) is 2.89. The average Bonchev–Trinajstić information content (AvgIpc) is 2.13. The molecule has 2 nitrogen and oxygen atoms in total. The Hall–Kier alpha value is -0.220. The van der Waals surface area contributed by atoms with E-state index >= 15 is 0 Å². The van der Waals surface area contributed by atoms with Crippen molar-refractivity contribution in [3.8, 4) is 0 Å². The summed E-state index contributed by atoms with van der Waals surface area (Å²) >= 11 is -0.954. The molecule has 0 aliphatic carbocycles. The summed E-state index contributed by atoms with van der Waals surface area (Å²) in [6, 6.07) is 0. The molecule has 1 aliphatic heterocycles. The summed E-state index contributed by atoms with van der Waals surface area (Å²) in [7, 11) is 0. The number of halogens is 6. The first-order chi connectivity index (χ1) is 7.66. The van der Waals surface area contributed by atoms with Crippen molar-refractivity contribution < 1.29 is 30.5 Å². The summed E-state index contributed by atoms with van der Waals surface area (Å²) in [5.74, 6) is 0.0475. The van der Waals surface area contributed by atoms with Crippen molar-refractivity contribution in [1.29, 1.82) is 0 Å². The van der Waals surface area contributed by atoms with Gasteiger partial charge in [-0.15, -0.1) is 0 Å². The second-order valence-corrected chi connectivity index (χ2v) is 4.92. The molecule has 0 saturated carbocycles. The SMILES string of the molecule is FC(F)(F)SOC1=CCN(SC(F)(F)F)CC1. The third-order valence-electron chi connectivity index (χ3n) is 1.61. The van der Waals surface area contributed by atoms with E-state index in [1.54, 1.807) is 0 Å². The predicted molar refractivity (Wildman–Crippen MR) is 52.7 cm³/mol. The molecule has 0 unspecified atom stereocenters. The van der Waals surface area contributed by atoms with Crippen molar-refractivity contribution in [2.75, 3.05) is 13.1 Å². The molecular weight excluding hydrogens is 292 g/mol. The Morgan fingerprint density at radius 3 is 2.18 bits per heavy atom. The van der Waals surface area contributed by atoms with E-state index in [4.69, 9.17) is 0 Å². The lowest BCUT2D eigenvalue weighted by atomic mass is 10.3. The zero-order chi connectivity index (χ0) is 13.1. The van der Waals surface area contributed by atoms with Gasteiger partial charge in [-0.05, 0) is 6.08 Å². The summed E-state index contributed by atoms with van der Waals surface area (Å²) < 4.78 is 76.5. The van der Waals surface area contributed by atoms with Crippen LogP contribution in [0.5, 0.6) is 0 Å². The first-order valence-corrected chi connectivity index (χ1v) is 5.79. The summed E-state index contributed by atoms with van der Waals surface area (Å²) in [6.45, 7) is -0.105. The lowest BCUT2D eigenvalue weighted by molar-refractivity contribution is -0.0385. The van der Waals surface area contributed by atoms with Gasteiger partial charge >= 0.3 is 11.0 Å². The third kappa shape index (κ3) is 6.94. The monoisotopic (exact) mass is 299 g/mol. The lowest BCUT2D eigenvalue weighted by Crippen LogP contribution is -2.26. The minimum atomic E-state index is -4.52. The Labute approximate surface area is 102 Å². The molecule has 0 amide bonds. The van der Waals surface area contributed by atoms with E-state index in [0.29, 0.717) is 0 Å². The van der Waals surface area contributed by atoms with Gasteiger partial charge in [0.05, 0.1) is 0 Å². The van der Waals surface area contributed by atoms with Gasteiger partial charge in [0.1, 0.15) is 5.76 Å². The minimum Gasteiger partial charge on any atom is -0.422 e. The Bertz CT molecular complexity index is 289. The molecule has 0 radical (unpaired) electrons. The number of alkyl halides is 6. The largest absolute Gasteiger partial charge is 0.479 e. The molecule has 17 heavy (non-hydrogen) atoms. The van der Waals surface area contributed by atoms with Crippen LogP contribution in [0.1, 0.15) is 6.42 Å². The maximum absolute atomic E-state index is 12.0. The summed E-state index contributed by atoms with van der Waals surface area (Å²) in [4.78, 5) is 0. The highest BCUT2D eigenvalue weighted by atomic mass is 32.2. The normalized spacial score (nSPS) is 19.1. The highest BCUT2D eigenvalue weighted by molar-refractivity contribution is 7.97. The van der Waals surface area contributed by atoms with Crippen molar-refractivity contribution in [2.45, 2.75) is 17.4 Å². The zero-order valence-electron chi connectivity index (χ0n) is 8.14. The lowest BCUT2D eigenvalue weighted by Gasteiger charge is -2.25. The molecule has 0 N–H and O–H groups in total. The first kappa shape index (κ1) is 14.8. The van der Waals surface area contributed by atoms with Crippen molar-refractivity contribution in [3.63, 3.8) is 0 Å². The molecule has 0 aromatic carbocycles. The topological polar surface area (TPSA) is 12.5 Å². The molecule has 0 atom stereocenters. The Morgan fingerprint density at radius 2 is 1.76 bits per heavy atom. The molecule has 0 bridgehead atoms. The van der Waals surface area contributed by atoms with Crippen LogP contribution in [0.2, 0.25) is 0 Å². The van der Waals surface area contributed by atoms with Crippen LogP contribution in [0.25, 0.3) is 0 Å². The van der Waals surface area contributed by atoms with Crippen LogP contribution in [0.3, 0.4) is 0 Å². The highest BCUT2D eigenvalue weighted by Crippen LogP contribution is 2.37. The van der Waals surface area contributed by atoms with Crippen molar-refractivity contribution in [3.05, 3.63) is 11.8 Å². The number of hydrogen-bond acceptors (Lipinski definition) is 4. The van der Waals surface area contributed by atoms with Crippen molar-refractivity contribution >= 4 is 24.0 Å². The van der Waals surface area contributed by atoms with Gasteiger partial charge in [-0.3, -0.25) is 0 Å². The molecule has 100 valence electrons. The minimum absolute atomic E-state index is 0.00553. The summed E-state index contributed by atoms with van der Waals surface area (Å²) in [5.41, 5.74) is -8.90. The molecule has 0 aromatic rings. The van der Waals surface area contributed by atoms with Gasteiger partial charge in [-0.2, -0.15) is 26.3 Å². The standard InChI is InChI=1S/C7H7F6NOS2/c8-6(9,10)16-14-3-1-5(2-4-14)15-17-7(11,12)13/h1H,2-4H2. The number of rotatable bonds is 3. The van der Waals surface area contributed by atoms with Gasteiger partial charge in [0.25, 0.3) is 0 Å². The van der Waals surface area contributed by atoms with E-state index in [2.05, 4.69) is 4.18 Å². The van der Waals surface area contributed by atoms with E-state index in [1.807, 2.05) is 0 Å². The zero-order valence-corrected chi connectivity index (χ0v) is 9.77. The van der Waals surface area contributed by atoms with Gasteiger partial charge in [0.15, 0.2) is 12.0 Å². The van der Waals surface area contributed by atoms with Crippen LogP contribution in [0, 0.1) is 0 Å². The molecular formula is C7H7F6NOS2. The van der Waals surface area contributed by atoms with Gasteiger partial charge in [-0.25, -0.2) is 4.31 Å². The van der Waals surface area contributed by atoms with Crippen LogP contribution >= 0.6 is 24.0 Å². The highest BCUT2D eigenvalue weighted by Gasteiger charge is 2.34. The van der Waals surface area contributed by atoms with Crippen molar-refractivity contribution in [1.82, 2.24) is 4.31 Å². The van der Waals surface area contributed by atoms with Crippen LogP contribution in [0.4, 0.5) is 26.3 Å². The second kappa shape index (κ2) is 5.61. The smallest absolute Gasteiger partial charge is 0.422 e.